The maximum absolute atomic E-state index is 12.2. The fraction of sp³-hybridized carbons (Fsp3) is 0.500. The molecule has 0 saturated heterocycles. The van der Waals surface area contributed by atoms with Crippen molar-refractivity contribution in [3.05, 3.63) is 18.2 Å². The fourth-order valence-electron chi connectivity index (χ4n) is 1.81. The van der Waals surface area contributed by atoms with Gasteiger partial charge in [-0.15, -0.1) is 0 Å². The van der Waals surface area contributed by atoms with Crippen LogP contribution in [-0.2, 0) is 4.79 Å². The van der Waals surface area contributed by atoms with Gasteiger partial charge in [-0.3, -0.25) is 9.69 Å². The molecule has 0 bridgehead atoms. The lowest BCUT2D eigenvalue weighted by Crippen LogP contribution is -2.40. The van der Waals surface area contributed by atoms with Gasteiger partial charge in [0.25, 0.3) is 0 Å². The number of amides is 1. The Morgan fingerprint density at radius 2 is 2.21 bits per heavy atom. The number of nitrogens with zero attached hydrogens (tertiary/aromatic N) is 1. The van der Waals surface area contributed by atoms with Gasteiger partial charge in [-0.25, -0.2) is 0 Å². The molecular formula is C14H23N3O2. The molecule has 1 atom stereocenters. The summed E-state index contributed by atoms with van der Waals surface area (Å²) in [5.74, 6) is 0.535. The topological polar surface area (TPSA) is 67.6 Å². The van der Waals surface area contributed by atoms with E-state index in [-0.39, 0.29) is 11.9 Å². The molecule has 0 spiro atoms. The number of rotatable bonds is 6. The van der Waals surface area contributed by atoms with E-state index in [1.807, 2.05) is 18.9 Å². The Labute approximate surface area is 114 Å². The summed E-state index contributed by atoms with van der Waals surface area (Å²) in [7, 11) is 3.50. The van der Waals surface area contributed by atoms with Crippen LogP contribution in [0.25, 0.3) is 0 Å². The average Bonchev–Trinajstić information content (AvgIpc) is 2.38. The first-order chi connectivity index (χ1) is 8.99. The van der Waals surface area contributed by atoms with Gasteiger partial charge in [0, 0.05) is 5.69 Å². The van der Waals surface area contributed by atoms with Gasteiger partial charge in [0.1, 0.15) is 5.75 Å². The molecule has 5 heteroatoms. The molecule has 1 rings (SSSR count). The van der Waals surface area contributed by atoms with E-state index in [1.165, 1.54) is 0 Å². The van der Waals surface area contributed by atoms with Crippen LogP contribution >= 0.6 is 0 Å². The van der Waals surface area contributed by atoms with Crippen LogP contribution < -0.4 is 15.8 Å². The molecule has 0 aliphatic rings. The van der Waals surface area contributed by atoms with E-state index in [0.717, 1.165) is 13.0 Å². The average molecular weight is 265 g/mol. The second-order valence-electron chi connectivity index (χ2n) is 4.61. The summed E-state index contributed by atoms with van der Waals surface area (Å²) in [5.41, 5.74) is 6.91. The molecule has 0 heterocycles. The van der Waals surface area contributed by atoms with Gasteiger partial charge < -0.3 is 15.8 Å². The third-order valence-electron chi connectivity index (χ3n) is 3.10. The molecule has 0 aliphatic carbocycles. The predicted octanol–water partition coefficient (Wildman–Crippen LogP) is 1.95. The Morgan fingerprint density at radius 1 is 1.53 bits per heavy atom. The van der Waals surface area contributed by atoms with Crippen molar-refractivity contribution >= 4 is 17.3 Å². The molecule has 0 fully saturated rings. The van der Waals surface area contributed by atoms with Crippen molar-refractivity contribution in [2.45, 2.75) is 26.3 Å². The minimum absolute atomic E-state index is 0.0696. The van der Waals surface area contributed by atoms with E-state index < -0.39 is 0 Å². The van der Waals surface area contributed by atoms with Crippen LogP contribution in [0.2, 0.25) is 0 Å². The number of methoxy groups -OCH3 is 1. The zero-order chi connectivity index (χ0) is 14.4. The summed E-state index contributed by atoms with van der Waals surface area (Å²) in [4.78, 5) is 14.2. The number of carbonyl (C=O) groups is 1. The van der Waals surface area contributed by atoms with Crippen molar-refractivity contribution in [1.82, 2.24) is 4.90 Å². The number of nitrogens with two attached hydrogens (primary N) is 1. The molecule has 0 aliphatic heterocycles. The van der Waals surface area contributed by atoms with E-state index >= 15 is 0 Å². The third-order valence-corrected chi connectivity index (χ3v) is 3.10. The summed E-state index contributed by atoms with van der Waals surface area (Å²) in [5, 5.41) is 2.86. The maximum atomic E-state index is 12.2. The highest BCUT2D eigenvalue weighted by molar-refractivity contribution is 5.96. The minimum Gasteiger partial charge on any atom is -0.495 e. The number of likely N-dealkylation sites (N-methyl/N-ethyl adjacent to an activating group) is 1. The smallest absolute Gasteiger partial charge is 0.241 e. The Balaban J connectivity index is 2.78. The highest BCUT2D eigenvalue weighted by atomic mass is 16.5. The number of nitrogen functional groups attached to an aromatic ring is 1. The van der Waals surface area contributed by atoms with E-state index in [1.54, 1.807) is 25.3 Å². The molecule has 106 valence electrons. The lowest BCUT2D eigenvalue weighted by atomic mass is 10.2. The van der Waals surface area contributed by atoms with Crippen LogP contribution in [0.4, 0.5) is 11.4 Å². The van der Waals surface area contributed by atoms with Gasteiger partial charge in [-0.2, -0.15) is 0 Å². The lowest BCUT2D eigenvalue weighted by molar-refractivity contribution is -0.120. The summed E-state index contributed by atoms with van der Waals surface area (Å²) >= 11 is 0. The van der Waals surface area contributed by atoms with Gasteiger partial charge in [0.05, 0.1) is 18.8 Å². The summed E-state index contributed by atoms with van der Waals surface area (Å²) in [6, 6.07) is 4.97. The molecule has 0 saturated carbocycles. The number of benzene rings is 1. The van der Waals surface area contributed by atoms with Crippen molar-refractivity contribution < 1.29 is 9.53 Å². The van der Waals surface area contributed by atoms with Crippen molar-refractivity contribution in [3.8, 4) is 5.75 Å². The summed E-state index contributed by atoms with van der Waals surface area (Å²) in [6.07, 6.45) is 1.01. The first-order valence-corrected chi connectivity index (χ1v) is 6.44. The van der Waals surface area contributed by atoms with Crippen molar-refractivity contribution in [2.24, 2.45) is 0 Å². The second-order valence-corrected chi connectivity index (χ2v) is 4.61. The number of carbonyl (C=O) groups excluding carboxylic acids is 1. The van der Waals surface area contributed by atoms with Crippen LogP contribution in [-0.4, -0.2) is 37.6 Å². The van der Waals surface area contributed by atoms with Gasteiger partial charge in [0.15, 0.2) is 0 Å². The lowest BCUT2D eigenvalue weighted by Gasteiger charge is -2.23. The number of nitrogens with one attached hydrogen (secondary N) is 1. The normalized spacial score (nSPS) is 12.3. The number of hydrogen-bond donors (Lipinski definition) is 2. The summed E-state index contributed by atoms with van der Waals surface area (Å²) < 4.78 is 5.21. The Bertz CT molecular complexity index is 435. The molecule has 5 nitrogen and oxygen atoms in total. The van der Waals surface area contributed by atoms with E-state index in [9.17, 15) is 4.79 Å². The fourth-order valence-corrected chi connectivity index (χ4v) is 1.81. The van der Waals surface area contributed by atoms with E-state index in [4.69, 9.17) is 10.5 Å². The molecule has 1 aromatic carbocycles. The Hall–Kier alpha value is -1.75. The molecule has 1 unspecified atom stereocenters. The number of anilines is 2. The first-order valence-electron chi connectivity index (χ1n) is 6.44. The standard InChI is InChI=1S/C14H23N3O2/c1-5-8-17(3)10(2)14(18)16-12-9-11(15)6-7-13(12)19-4/h6-7,9-10H,5,8,15H2,1-4H3,(H,16,18). The highest BCUT2D eigenvalue weighted by Crippen LogP contribution is 2.26. The molecule has 1 amide bonds. The third kappa shape index (κ3) is 4.13. The Kier molecular flexibility index (Phi) is 5.63. The van der Waals surface area contributed by atoms with Crippen LogP contribution in [0.3, 0.4) is 0 Å². The first kappa shape index (κ1) is 15.3. The molecule has 1 aromatic rings. The minimum atomic E-state index is -0.203. The predicted molar refractivity (Wildman–Crippen MR) is 78.4 cm³/mol. The van der Waals surface area contributed by atoms with E-state index in [0.29, 0.717) is 17.1 Å². The van der Waals surface area contributed by atoms with Crippen molar-refractivity contribution in [2.75, 3.05) is 31.8 Å². The number of ether oxygens (including phenoxy) is 1. The quantitative estimate of drug-likeness (QED) is 0.771. The van der Waals surface area contributed by atoms with Crippen LogP contribution in [0, 0.1) is 0 Å². The van der Waals surface area contributed by atoms with E-state index in [2.05, 4.69) is 12.2 Å². The monoisotopic (exact) mass is 265 g/mol. The highest BCUT2D eigenvalue weighted by Gasteiger charge is 2.18. The van der Waals surface area contributed by atoms with Crippen LogP contribution in [0.1, 0.15) is 20.3 Å². The zero-order valence-corrected chi connectivity index (χ0v) is 12.1. The van der Waals surface area contributed by atoms with Crippen molar-refractivity contribution in [3.63, 3.8) is 0 Å². The second kappa shape index (κ2) is 6.99. The Morgan fingerprint density at radius 3 is 2.79 bits per heavy atom. The molecule has 3 N–H and O–H groups in total. The number of hydrogen-bond acceptors (Lipinski definition) is 4. The molecular weight excluding hydrogens is 242 g/mol. The van der Waals surface area contributed by atoms with Gasteiger partial charge >= 0.3 is 0 Å². The summed E-state index contributed by atoms with van der Waals surface area (Å²) in [6.45, 7) is 4.84. The maximum Gasteiger partial charge on any atom is 0.241 e. The van der Waals surface area contributed by atoms with Gasteiger partial charge in [-0.05, 0) is 45.1 Å². The van der Waals surface area contributed by atoms with Gasteiger partial charge in [0.2, 0.25) is 5.91 Å². The largest absolute Gasteiger partial charge is 0.495 e. The molecule has 0 aromatic heterocycles. The molecule has 0 radical (unpaired) electrons. The molecule has 19 heavy (non-hydrogen) atoms. The zero-order valence-electron chi connectivity index (χ0n) is 12.1. The van der Waals surface area contributed by atoms with Gasteiger partial charge in [-0.1, -0.05) is 6.92 Å². The van der Waals surface area contributed by atoms with Crippen molar-refractivity contribution in [1.29, 1.82) is 0 Å². The SMILES string of the molecule is CCCN(C)C(C)C(=O)Nc1cc(N)ccc1OC. The van der Waals surface area contributed by atoms with Crippen LogP contribution in [0.5, 0.6) is 5.75 Å². The van der Waals surface area contributed by atoms with Crippen LogP contribution in [0.15, 0.2) is 18.2 Å².